The summed E-state index contributed by atoms with van der Waals surface area (Å²) in [5.74, 6) is 0.987. The summed E-state index contributed by atoms with van der Waals surface area (Å²) in [4.78, 5) is 1.26. The number of rotatable bonds is 4. The molecule has 0 amide bonds. The average molecular weight is 322 g/mol. The standard InChI is InChI=1S/C15H16BrNS/c1-11(17)14-9-13(7-8-15(14)16)18-10-12-5-3-2-4-6-12/h2-9,11H,10,17H2,1H3. The Morgan fingerprint density at radius 1 is 1.17 bits per heavy atom. The number of benzene rings is 2. The second-order valence-corrected chi connectivity index (χ2v) is 6.15. The molecule has 0 heterocycles. The van der Waals surface area contributed by atoms with Crippen LogP contribution in [0.5, 0.6) is 0 Å². The first-order valence-electron chi connectivity index (χ1n) is 5.88. The topological polar surface area (TPSA) is 26.0 Å². The Balaban J connectivity index is 2.08. The summed E-state index contributed by atoms with van der Waals surface area (Å²) in [5.41, 5.74) is 8.45. The van der Waals surface area contributed by atoms with E-state index in [0.717, 1.165) is 15.8 Å². The molecule has 0 aliphatic heterocycles. The van der Waals surface area contributed by atoms with Gasteiger partial charge in [0.25, 0.3) is 0 Å². The summed E-state index contributed by atoms with van der Waals surface area (Å²) in [7, 11) is 0. The van der Waals surface area contributed by atoms with Gasteiger partial charge in [0.05, 0.1) is 0 Å². The smallest absolute Gasteiger partial charge is 0.0277 e. The molecule has 1 nitrogen and oxygen atoms in total. The molecule has 0 fully saturated rings. The molecule has 0 aromatic heterocycles. The van der Waals surface area contributed by atoms with Gasteiger partial charge in [-0.3, -0.25) is 0 Å². The Kier molecular flexibility index (Phi) is 4.87. The Morgan fingerprint density at radius 3 is 2.56 bits per heavy atom. The van der Waals surface area contributed by atoms with Gasteiger partial charge in [-0.05, 0) is 36.2 Å². The molecule has 0 aliphatic carbocycles. The average Bonchev–Trinajstić information content (AvgIpc) is 2.38. The minimum atomic E-state index is 0.0525. The highest BCUT2D eigenvalue weighted by Gasteiger charge is 2.06. The van der Waals surface area contributed by atoms with E-state index in [2.05, 4.69) is 58.4 Å². The number of nitrogens with two attached hydrogens (primary N) is 1. The van der Waals surface area contributed by atoms with Gasteiger partial charge in [-0.1, -0.05) is 46.3 Å². The fourth-order valence-electron chi connectivity index (χ4n) is 1.70. The fourth-order valence-corrected chi connectivity index (χ4v) is 3.21. The number of thioether (sulfide) groups is 1. The van der Waals surface area contributed by atoms with Gasteiger partial charge < -0.3 is 5.73 Å². The van der Waals surface area contributed by atoms with Crippen LogP contribution in [0.1, 0.15) is 24.1 Å². The maximum Gasteiger partial charge on any atom is 0.0277 e. The Hall–Kier alpha value is -0.770. The van der Waals surface area contributed by atoms with Crippen molar-refractivity contribution >= 4 is 27.7 Å². The van der Waals surface area contributed by atoms with Gasteiger partial charge >= 0.3 is 0 Å². The first-order valence-corrected chi connectivity index (χ1v) is 7.66. The lowest BCUT2D eigenvalue weighted by Crippen LogP contribution is -2.05. The Morgan fingerprint density at radius 2 is 1.89 bits per heavy atom. The molecule has 18 heavy (non-hydrogen) atoms. The Bertz CT molecular complexity index is 511. The SMILES string of the molecule is CC(N)c1cc(SCc2ccccc2)ccc1Br. The predicted molar refractivity (Wildman–Crippen MR) is 82.7 cm³/mol. The zero-order valence-corrected chi connectivity index (χ0v) is 12.7. The molecule has 2 aromatic rings. The van der Waals surface area contributed by atoms with Crippen molar-refractivity contribution in [3.63, 3.8) is 0 Å². The van der Waals surface area contributed by atoms with E-state index < -0.39 is 0 Å². The predicted octanol–water partition coefficient (Wildman–Crippen LogP) is 4.76. The number of halogens is 1. The van der Waals surface area contributed by atoms with Crippen LogP contribution in [0, 0.1) is 0 Å². The van der Waals surface area contributed by atoms with Crippen LogP contribution in [0.4, 0.5) is 0 Å². The second kappa shape index (κ2) is 6.41. The molecule has 0 aliphatic rings. The van der Waals surface area contributed by atoms with Crippen LogP contribution < -0.4 is 5.73 Å². The van der Waals surface area contributed by atoms with E-state index >= 15 is 0 Å². The molecule has 1 atom stereocenters. The minimum Gasteiger partial charge on any atom is -0.324 e. The first-order chi connectivity index (χ1) is 8.66. The summed E-state index contributed by atoms with van der Waals surface area (Å²) in [6, 6.07) is 16.9. The highest BCUT2D eigenvalue weighted by molar-refractivity contribution is 9.10. The quantitative estimate of drug-likeness (QED) is 0.821. The van der Waals surface area contributed by atoms with E-state index in [9.17, 15) is 0 Å². The lowest BCUT2D eigenvalue weighted by Gasteiger charge is -2.10. The van der Waals surface area contributed by atoms with Crippen molar-refractivity contribution in [1.29, 1.82) is 0 Å². The zero-order chi connectivity index (χ0) is 13.0. The van der Waals surface area contributed by atoms with Crippen LogP contribution in [0.15, 0.2) is 57.9 Å². The maximum absolute atomic E-state index is 5.95. The molecule has 0 saturated heterocycles. The van der Waals surface area contributed by atoms with E-state index in [-0.39, 0.29) is 6.04 Å². The summed E-state index contributed by atoms with van der Waals surface area (Å²) in [6.07, 6.45) is 0. The molecule has 2 rings (SSSR count). The summed E-state index contributed by atoms with van der Waals surface area (Å²) in [6.45, 7) is 2.01. The molecule has 0 spiro atoms. The van der Waals surface area contributed by atoms with Crippen molar-refractivity contribution in [2.24, 2.45) is 5.73 Å². The third-order valence-corrected chi connectivity index (χ3v) is 4.49. The van der Waals surface area contributed by atoms with Crippen LogP contribution in [0.25, 0.3) is 0 Å². The van der Waals surface area contributed by atoms with Crippen molar-refractivity contribution in [2.75, 3.05) is 0 Å². The van der Waals surface area contributed by atoms with E-state index in [4.69, 9.17) is 5.73 Å². The normalized spacial score (nSPS) is 12.4. The maximum atomic E-state index is 5.95. The zero-order valence-electron chi connectivity index (χ0n) is 10.3. The molecule has 1 unspecified atom stereocenters. The molecule has 0 saturated carbocycles. The monoisotopic (exact) mass is 321 g/mol. The number of hydrogen-bond acceptors (Lipinski definition) is 2. The van der Waals surface area contributed by atoms with Crippen molar-refractivity contribution in [1.82, 2.24) is 0 Å². The van der Waals surface area contributed by atoms with Crippen molar-refractivity contribution in [2.45, 2.75) is 23.6 Å². The largest absolute Gasteiger partial charge is 0.324 e. The molecular formula is C15H16BrNS. The van der Waals surface area contributed by atoms with E-state index in [1.165, 1.54) is 10.5 Å². The van der Waals surface area contributed by atoms with Crippen LogP contribution in [-0.4, -0.2) is 0 Å². The van der Waals surface area contributed by atoms with Crippen LogP contribution >= 0.6 is 27.7 Å². The summed E-state index contributed by atoms with van der Waals surface area (Å²) in [5, 5.41) is 0. The van der Waals surface area contributed by atoms with Gasteiger partial charge in [-0.25, -0.2) is 0 Å². The number of hydrogen-bond donors (Lipinski definition) is 1. The Labute approximate surface area is 121 Å². The minimum absolute atomic E-state index is 0.0525. The second-order valence-electron chi connectivity index (χ2n) is 4.25. The lowest BCUT2D eigenvalue weighted by atomic mass is 10.1. The lowest BCUT2D eigenvalue weighted by molar-refractivity contribution is 0.809. The van der Waals surface area contributed by atoms with Gasteiger partial charge in [-0.15, -0.1) is 11.8 Å². The molecule has 2 aromatic carbocycles. The van der Waals surface area contributed by atoms with E-state index in [1.54, 1.807) is 0 Å². The van der Waals surface area contributed by atoms with Crippen molar-refractivity contribution < 1.29 is 0 Å². The first kappa shape index (κ1) is 13.7. The van der Waals surface area contributed by atoms with Crippen LogP contribution in [0.3, 0.4) is 0 Å². The van der Waals surface area contributed by atoms with Gasteiger partial charge in [0.15, 0.2) is 0 Å². The van der Waals surface area contributed by atoms with Gasteiger partial charge in [-0.2, -0.15) is 0 Å². The van der Waals surface area contributed by atoms with E-state index in [0.29, 0.717) is 0 Å². The van der Waals surface area contributed by atoms with Crippen molar-refractivity contribution in [3.8, 4) is 0 Å². The van der Waals surface area contributed by atoms with Gasteiger partial charge in [0.1, 0.15) is 0 Å². The van der Waals surface area contributed by atoms with E-state index in [1.807, 2.05) is 24.8 Å². The molecule has 94 valence electrons. The molecular weight excluding hydrogens is 306 g/mol. The van der Waals surface area contributed by atoms with Gasteiger partial charge in [0.2, 0.25) is 0 Å². The summed E-state index contributed by atoms with van der Waals surface area (Å²) >= 11 is 5.38. The molecule has 3 heteroatoms. The van der Waals surface area contributed by atoms with Crippen molar-refractivity contribution in [3.05, 3.63) is 64.1 Å². The van der Waals surface area contributed by atoms with Crippen LogP contribution in [0.2, 0.25) is 0 Å². The third kappa shape index (κ3) is 3.61. The highest BCUT2D eigenvalue weighted by atomic mass is 79.9. The third-order valence-electron chi connectivity index (χ3n) is 2.71. The van der Waals surface area contributed by atoms with Crippen LogP contribution in [-0.2, 0) is 5.75 Å². The fraction of sp³-hybridized carbons (Fsp3) is 0.200. The summed E-state index contributed by atoms with van der Waals surface area (Å²) < 4.78 is 1.08. The molecule has 2 N–H and O–H groups in total. The van der Waals surface area contributed by atoms with Gasteiger partial charge in [0, 0.05) is 21.2 Å². The molecule has 0 radical (unpaired) electrons. The molecule has 0 bridgehead atoms. The highest BCUT2D eigenvalue weighted by Crippen LogP contribution is 2.29.